The molecule has 0 radical (unpaired) electrons. The average molecular weight is 369 g/mol. The van der Waals surface area contributed by atoms with Crippen molar-refractivity contribution in [2.45, 2.75) is 38.9 Å². The lowest BCUT2D eigenvalue weighted by molar-refractivity contribution is -0.122. The molecule has 1 unspecified atom stereocenters. The molecule has 1 amide bonds. The minimum atomic E-state index is -0.439. The number of fused-ring (bicyclic) bond motifs is 2. The molecular weight excluding hydrogens is 350 g/mol. The van der Waals surface area contributed by atoms with Gasteiger partial charge in [0.1, 0.15) is 11.2 Å². The van der Waals surface area contributed by atoms with E-state index >= 15 is 0 Å². The highest BCUT2D eigenvalue weighted by Crippen LogP contribution is 2.30. The summed E-state index contributed by atoms with van der Waals surface area (Å²) in [6.07, 6.45) is 1.80. The molecule has 0 fully saturated rings. The number of carbonyl (C=O) groups excluding carboxylic acids is 1. The van der Waals surface area contributed by atoms with E-state index in [1.807, 2.05) is 18.2 Å². The van der Waals surface area contributed by atoms with Gasteiger partial charge in [-0.2, -0.15) is 0 Å². The largest absolute Gasteiger partial charge is 0.348 e. The van der Waals surface area contributed by atoms with Crippen LogP contribution in [-0.4, -0.2) is 15.0 Å². The Morgan fingerprint density at radius 3 is 2.85 bits per heavy atom. The van der Waals surface area contributed by atoms with Crippen molar-refractivity contribution in [1.29, 1.82) is 0 Å². The molecular formula is C19H19N3O3S. The van der Waals surface area contributed by atoms with Gasteiger partial charge in [0.15, 0.2) is 0 Å². The van der Waals surface area contributed by atoms with Crippen molar-refractivity contribution < 1.29 is 4.79 Å². The predicted octanol–water partition coefficient (Wildman–Crippen LogP) is 2.05. The highest BCUT2D eigenvalue weighted by Gasteiger charge is 2.24. The lowest BCUT2D eigenvalue weighted by atomic mass is 10.1. The van der Waals surface area contributed by atoms with Crippen LogP contribution in [0.1, 0.15) is 30.5 Å². The monoisotopic (exact) mass is 369 g/mol. The summed E-state index contributed by atoms with van der Waals surface area (Å²) >= 11 is 1.29. The van der Waals surface area contributed by atoms with Gasteiger partial charge in [0.05, 0.1) is 11.6 Å². The molecule has 1 aliphatic carbocycles. The third-order valence-corrected chi connectivity index (χ3v) is 5.81. The van der Waals surface area contributed by atoms with E-state index in [1.54, 1.807) is 18.4 Å². The third-order valence-electron chi connectivity index (χ3n) is 4.92. The molecule has 1 atom stereocenters. The molecule has 1 aromatic carbocycles. The van der Waals surface area contributed by atoms with Crippen LogP contribution in [0.15, 0.2) is 45.3 Å². The maximum atomic E-state index is 12.7. The number of hydrogen-bond donors (Lipinski definition) is 1. The van der Waals surface area contributed by atoms with Crippen molar-refractivity contribution in [3.05, 3.63) is 67.7 Å². The number of amides is 1. The summed E-state index contributed by atoms with van der Waals surface area (Å²) in [4.78, 5) is 37.6. The Hall–Kier alpha value is -2.67. The first kappa shape index (κ1) is 16.8. The molecule has 1 N–H and O–H groups in total. The molecule has 0 bridgehead atoms. The quantitative estimate of drug-likeness (QED) is 0.765. The average Bonchev–Trinajstić information content (AvgIpc) is 3.27. The minimum absolute atomic E-state index is 0.0237. The molecule has 6 nitrogen and oxygen atoms in total. The van der Waals surface area contributed by atoms with Gasteiger partial charge in [-0.05, 0) is 42.3 Å². The van der Waals surface area contributed by atoms with Gasteiger partial charge >= 0.3 is 5.69 Å². The number of hydrogen-bond acceptors (Lipinski definition) is 4. The second kappa shape index (κ2) is 6.57. The molecule has 2 aromatic heterocycles. The van der Waals surface area contributed by atoms with E-state index < -0.39 is 5.69 Å². The van der Waals surface area contributed by atoms with Crippen molar-refractivity contribution in [3.8, 4) is 0 Å². The molecule has 134 valence electrons. The van der Waals surface area contributed by atoms with Crippen molar-refractivity contribution in [2.24, 2.45) is 0 Å². The van der Waals surface area contributed by atoms with Crippen molar-refractivity contribution >= 4 is 27.5 Å². The van der Waals surface area contributed by atoms with E-state index in [2.05, 4.69) is 11.4 Å². The van der Waals surface area contributed by atoms with E-state index in [1.165, 1.54) is 26.0 Å². The minimum Gasteiger partial charge on any atom is -0.348 e. The first-order valence-electron chi connectivity index (χ1n) is 8.68. The van der Waals surface area contributed by atoms with Gasteiger partial charge in [0, 0.05) is 6.54 Å². The Bertz CT molecular complexity index is 1110. The molecule has 1 aliphatic rings. The highest BCUT2D eigenvalue weighted by molar-refractivity contribution is 7.17. The molecule has 0 saturated carbocycles. The SMILES string of the molecule is CCn1c(=O)c2sccc2n(CC(=O)NC2CCc3ccccc32)c1=O. The topological polar surface area (TPSA) is 73.1 Å². The summed E-state index contributed by atoms with van der Waals surface area (Å²) in [5.74, 6) is -0.220. The number of nitrogens with zero attached hydrogens (tertiary/aromatic N) is 2. The second-order valence-corrected chi connectivity index (χ2v) is 7.33. The van der Waals surface area contributed by atoms with Gasteiger partial charge in [-0.15, -0.1) is 11.3 Å². The number of nitrogens with one attached hydrogen (secondary N) is 1. The Morgan fingerprint density at radius 2 is 2.04 bits per heavy atom. The summed E-state index contributed by atoms with van der Waals surface area (Å²) in [6.45, 7) is 1.94. The first-order valence-corrected chi connectivity index (χ1v) is 9.56. The lowest BCUT2D eigenvalue weighted by Crippen LogP contribution is -2.42. The maximum Gasteiger partial charge on any atom is 0.331 e. The number of aromatic nitrogens is 2. The number of aryl methyl sites for hydroxylation is 1. The summed E-state index contributed by atoms with van der Waals surface area (Å²) in [7, 11) is 0. The van der Waals surface area contributed by atoms with Gasteiger partial charge < -0.3 is 5.32 Å². The van der Waals surface area contributed by atoms with Gasteiger partial charge in [-0.25, -0.2) is 4.79 Å². The van der Waals surface area contributed by atoms with Crippen LogP contribution in [0.4, 0.5) is 0 Å². The summed E-state index contributed by atoms with van der Waals surface area (Å²) in [5.41, 5.74) is 2.20. The van der Waals surface area contributed by atoms with Crippen LogP contribution in [0.3, 0.4) is 0 Å². The number of thiophene rings is 1. The molecule has 3 aromatic rings. The number of benzene rings is 1. The van der Waals surface area contributed by atoms with Gasteiger partial charge in [0.2, 0.25) is 5.91 Å². The van der Waals surface area contributed by atoms with E-state index in [0.29, 0.717) is 10.2 Å². The third kappa shape index (κ3) is 2.68. The van der Waals surface area contributed by atoms with Crippen LogP contribution in [-0.2, 0) is 24.3 Å². The van der Waals surface area contributed by atoms with Crippen molar-refractivity contribution in [3.63, 3.8) is 0 Å². The zero-order chi connectivity index (χ0) is 18.3. The molecule has 0 spiro atoms. The lowest BCUT2D eigenvalue weighted by Gasteiger charge is -2.16. The fourth-order valence-electron chi connectivity index (χ4n) is 3.66. The summed E-state index contributed by atoms with van der Waals surface area (Å²) in [5, 5.41) is 4.81. The maximum absolute atomic E-state index is 12.7. The fourth-order valence-corrected chi connectivity index (χ4v) is 4.50. The Balaban J connectivity index is 1.64. The van der Waals surface area contributed by atoms with E-state index in [-0.39, 0.29) is 30.6 Å². The number of rotatable bonds is 4. The predicted molar refractivity (Wildman–Crippen MR) is 102 cm³/mol. The van der Waals surface area contributed by atoms with Gasteiger partial charge in [-0.1, -0.05) is 24.3 Å². The van der Waals surface area contributed by atoms with E-state index in [0.717, 1.165) is 18.4 Å². The summed E-state index contributed by atoms with van der Waals surface area (Å²) in [6, 6.07) is 9.79. The van der Waals surface area contributed by atoms with E-state index in [9.17, 15) is 14.4 Å². The Labute approximate surface area is 153 Å². The molecule has 0 aliphatic heterocycles. The van der Waals surface area contributed by atoms with Crippen LogP contribution in [0.2, 0.25) is 0 Å². The standard InChI is InChI=1S/C19H19N3O3S/c1-2-21-18(24)17-15(9-10-26-17)22(19(21)25)11-16(23)20-14-8-7-12-5-3-4-6-13(12)14/h3-6,9-10,14H,2,7-8,11H2,1H3,(H,20,23). The van der Waals surface area contributed by atoms with Crippen LogP contribution < -0.4 is 16.6 Å². The Morgan fingerprint density at radius 1 is 1.23 bits per heavy atom. The summed E-state index contributed by atoms with van der Waals surface area (Å²) < 4.78 is 3.08. The molecule has 4 rings (SSSR count). The van der Waals surface area contributed by atoms with E-state index in [4.69, 9.17) is 0 Å². The molecule has 2 heterocycles. The zero-order valence-electron chi connectivity index (χ0n) is 14.4. The van der Waals surface area contributed by atoms with Crippen LogP contribution >= 0.6 is 11.3 Å². The Kier molecular flexibility index (Phi) is 4.24. The smallest absolute Gasteiger partial charge is 0.331 e. The number of carbonyl (C=O) groups is 1. The van der Waals surface area contributed by atoms with Gasteiger partial charge in [-0.3, -0.25) is 18.7 Å². The fraction of sp³-hybridized carbons (Fsp3) is 0.316. The normalized spacial score (nSPS) is 16.0. The first-order chi connectivity index (χ1) is 12.6. The second-order valence-electron chi connectivity index (χ2n) is 6.41. The highest BCUT2D eigenvalue weighted by atomic mass is 32.1. The van der Waals surface area contributed by atoms with Crippen molar-refractivity contribution in [2.75, 3.05) is 0 Å². The van der Waals surface area contributed by atoms with Gasteiger partial charge in [0.25, 0.3) is 5.56 Å². The molecule has 7 heteroatoms. The van der Waals surface area contributed by atoms with Crippen LogP contribution in [0.25, 0.3) is 10.2 Å². The van der Waals surface area contributed by atoms with Crippen LogP contribution in [0, 0.1) is 0 Å². The zero-order valence-corrected chi connectivity index (χ0v) is 15.2. The van der Waals surface area contributed by atoms with Crippen molar-refractivity contribution in [1.82, 2.24) is 14.5 Å². The molecule has 0 saturated heterocycles. The molecule has 26 heavy (non-hydrogen) atoms. The van der Waals surface area contributed by atoms with Crippen LogP contribution in [0.5, 0.6) is 0 Å².